The second-order valence-electron chi connectivity index (χ2n) is 4.67. The first-order chi connectivity index (χ1) is 9.42. The van der Waals surface area contributed by atoms with Crippen LogP contribution < -0.4 is 10.6 Å². The highest BCUT2D eigenvalue weighted by Crippen LogP contribution is 2.13. The Morgan fingerprint density at radius 3 is 2.65 bits per heavy atom. The van der Waals surface area contributed by atoms with E-state index in [1.165, 1.54) is 18.2 Å². The molecule has 0 heterocycles. The van der Waals surface area contributed by atoms with Crippen LogP contribution >= 0.6 is 0 Å². The molecule has 20 heavy (non-hydrogen) atoms. The number of carbonyl (C=O) groups excluding carboxylic acids is 1. The van der Waals surface area contributed by atoms with Gasteiger partial charge in [-0.05, 0) is 36.6 Å². The van der Waals surface area contributed by atoms with Crippen molar-refractivity contribution in [2.45, 2.75) is 26.7 Å². The second kappa shape index (κ2) is 7.47. The van der Waals surface area contributed by atoms with E-state index in [2.05, 4.69) is 10.6 Å². The molecule has 1 aromatic rings. The van der Waals surface area contributed by atoms with Gasteiger partial charge in [0, 0.05) is 18.7 Å². The number of halogens is 1. The van der Waals surface area contributed by atoms with Crippen molar-refractivity contribution in [3.63, 3.8) is 0 Å². The lowest BCUT2D eigenvalue weighted by Gasteiger charge is -2.14. The molecule has 0 aromatic heterocycles. The van der Waals surface area contributed by atoms with Crippen molar-refractivity contribution in [3.05, 3.63) is 29.6 Å². The monoisotopic (exact) mass is 282 g/mol. The molecular weight excluding hydrogens is 263 g/mol. The van der Waals surface area contributed by atoms with Crippen molar-refractivity contribution < 1.29 is 19.1 Å². The van der Waals surface area contributed by atoms with E-state index in [1.807, 2.05) is 6.92 Å². The second-order valence-corrected chi connectivity index (χ2v) is 4.67. The van der Waals surface area contributed by atoms with Crippen molar-refractivity contribution in [2.75, 3.05) is 11.9 Å². The molecule has 5 nitrogen and oxygen atoms in total. The van der Waals surface area contributed by atoms with Gasteiger partial charge >= 0.3 is 12.0 Å². The Morgan fingerprint density at radius 1 is 1.40 bits per heavy atom. The number of amides is 2. The summed E-state index contributed by atoms with van der Waals surface area (Å²) in [7, 11) is 0. The number of rotatable bonds is 6. The fraction of sp³-hybridized carbons (Fsp3) is 0.429. The highest BCUT2D eigenvalue weighted by atomic mass is 19.1. The number of hydrogen-bond acceptors (Lipinski definition) is 2. The molecule has 1 aromatic carbocycles. The maximum atomic E-state index is 13.1. The molecule has 2 amide bonds. The normalized spacial score (nSPS) is 11.8. The predicted molar refractivity (Wildman–Crippen MR) is 74.2 cm³/mol. The van der Waals surface area contributed by atoms with Crippen LogP contribution in [0.25, 0.3) is 0 Å². The topological polar surface area (TPSA) is 78.4 Å². The summed E-state index contributed by atoms with van der Waals surface area (Å²) in [6.07, 6.45) is 0.689. The van der Waals surface area contributed by atoms with E-state index in [0.717, 1.165) is 0 Å². The fourth-order valence-electron chi connectivity index (χ4n) is 1.74. The van der Waals surface area contributed by atoms with Gasteiger partial charge in [0.1, 0.15) is 5.82 Å². The first-order valence-corrected chi connectivity index (χ1v) is 6.45. The SMILES string of the molecule is CCC(CNC(=O)Nc1ccc(F)c(C)c1)CC(=O)O. The third-order valence-corrected chi connectivity index (χ3v) is 3.01. The number of carboxylic acids is 1. The quantitative estimate of drug-likeness (QED) is 0.750. The van der Waals surface area contributed by atoms with Gasteiger partial charge < -0.3 is 15.7 Å². The van der Waals surface area contributed by atoms with Crippen molar-refractivity contribution in [1.29, 1.82) is 0 Å². The Labute approximate surface area is 117 Å². The Hall–Kier alpha value is -2.11. The van der Waals surface area contributed by atoms with Crippen LogP contribution in [0.1, 0.15) is 25.3 Å². The zero-order chi connectivity index (χ0) is 15.1. The first kappa shape index (κ1) is 15.9. The zero-order valence-corrected chi connectivity index (χ0v) is 11.6. The van der Waals surface area contributed by atoms with Gasteiger partial charge in [-0.25, -0.2) is 9.18 Å². The zero-order valence-electron chi connectivity index (χ0n) is 11.6. The number of carbonyl (C=O) groups is 2. The summed E-state index contributed by atoms with van der Waals surface area (Å²) >= 11 is 0. The smallest absolute Gasteiger partial charge is 0.319 e. The number of benzene rings is 1. The molecule has 1 rings (SSSR count). The standard InChI is InChI=1S/C14H19FN2O3/c1-3-10(7-13(18)19)8-16-14(20)17-11-4-5-12(15)9(2)6-11/h4-6,10H,3,7-8H2,1-2H3,(H,18,19)(H2,16,17,20). The van der Waals surface area contributed by atoms with Crippen LogP contribution in [0.3, 0.4) is 0 Å². The number of anilines is 1. The number of urea groups is 1. The number of carboxylic acid groups (broad SMARTS) is 1. The average Bonchev–Trinajstić information content (AvgIpc) is 2.38. The van der Waals surface area contributed by atoms with Crippen LogP contribution in [0, 0.1) is 18.7 Å². The summed E-state index contributed by atoms with van der Waals surface area (Å²) in [6, 6.07) is 3.85. The van der Waals surface area contributed by atoms with E-state index in [-0.39, 0.29) is 24.7 Å². The van der Waals surface area contributed by atoms with Gasteiger partial charge in [-0.3, -0.25) is 4.79 Å². The highest BCUT2D eigenvalue weighted by Gasteiger charge is 2.12. The third kappa shape index (κ3) is 5.26. The summed E-state index contributed by atoms with van der Waals surface area (Å²) < 4.78 is 13.1. The summed E-state index contributed by atoms with van der Waals surface area (Å²) in [5.74, 6) is -1.31. The van der Waals surface area contributed by atoms with Crippen LogP contribution in [0.4, 0.5) is 14.9 Å². The molecule has 0 aliphatic carbocycles. The van der Waals surface area contributed by atoms with Gasteiger partial charge in [-0.1, -0.05) is 13.3 Å². The summed E-state index contributed by atoms with van der Waals surface area (Å²) in [4.78, 5) is 22.3. The Balaban J connectivity index is 2.46. The molecule has 0 radical (unpaired) electrons. The summed E-state index contributed by atoms with van der Waals surface area (Å²) in [6.45, 7) is 3.77. The largest absolute Gasteiger partial charge is 0.481 e. The van der Waals surface area contributed by atoms with Gasteiger partial charge in [0.2, 0.25) is 0 Å². The van der Waals surface area contributed by atoms with Gasteiger partial charge in [0.15, 0.2) is 0 Å². The maximum absolute atomic E-state index is 13.1. The van der Waals surface area contributed by atoms with Crippen molar-refractivity contribution in [1.82, 2.24) is 5.32 Å². The molecule has 0 saturated heterocycles. The molecule has 0 spiro atoms. The van der Waals surface area contributed by atoms with Crippen LogP contribution in [-0.4, -0.2) is 23.7 Å². The number of aryl methyl sites for hydroxylation is 1. The molecule has 1 unspecified atom stereocenters. The minimum absolute atomic E-state index is 0.0203. The van der Waals surface area contributed by atoms with Crippen LogP contribution in [0.15, 0.2) is 18.2 Å². The Morgan fingerprint density at radius 2 is 2.10 bits per heavy atom. The lowest BCUT2D eigenvalue weighted by molar-refractivity contribution is -0.138. The predicted octanol–water partition coefficient (Wildman–Crippen LogP) is 2.76. The summed E-state index contributed by atoms with van der Waals surface area (Å²) in [5.41, 5.74) is 0.938. The fourth-order valence-corrected chi connectivity index (χ4v) is 1.74. The molecule has 0 fully saturated rings. The molecule has 1 atom stereocenters. The summed E-state index contributed by atoms with van der Waals surface area (Å²) in [5, 5.41) is 13.9. The third-order valence-electron chi connectivity index (χ3n) is 3.01. The van der Waals surface area contributed by atoms with Crippen molar-refractivity contribution in [2.24, 2.45) is 5.92 Å². The van der Waals surface area contributed by atoms with Crippen LogP contribution in [-0.2, 0) is 4.79 Å². The van der Waals surface area contributed by atoms with Crippen molar-refractivity contribution in [3.8, 4) is 0 Å². The van der Waals surface area contributed by atoms with E-state index in [0.29, 0.717) is 17.7 Å². The van der Waals surface area contributed by atoms with Gasteiger partial charge in [0.05, 0.1) is 0 Å². The first-order valence-electron chi connectivity index (χ1n) is 6.45. The molecular formula is C14H19FN2O3. The van der Waals surface area contributed by atoms with E-state index in [9.17, 15) is 14.0 Å². The Bertz CT molecular complexity index is 491. The van der Waals surface area contributed by atoms with E-state index >= 15 is 0 Å². The van der Waals surface area contributed by atoms with Gasteiger partial charge in [0.25, 0.3) is 0 Å². The Kier molecular flexibility index (Phi) is 5.96. The number of nitrogens with one attached hydrogen (secondary N) is 2. The highest BCUT2D eigenvalue weighted by molar-refractivity contribution is 5.89. The minimum Gasteiger partial charge on any atom is -0.481 e. The number of hydrogen-bond donors (Lipinski definition) is 3. The lowest BCUT2D eigenvalue weighted by atomic mass is 10.0. The van der Waals surface area contributed by atoms with E-state index in [4.69, 9.17) is 5.11 Å². The molecule has 0 aliphatic heterocycles. The van der Waals surface area contributed by atoms with E-state index < -0.39 is 12.0 Å². The van der Waals surface area contributed by atoms with E-state index in [1.54, 1.807) is 6.92 Å². The van der Waals surface area contributed by atoms with Gasteiger partial charge in [-0.2, -0.15) is 0 Å². The van der Waals surface area contributed by atoms with Gasteiger partial charge in [-0.15, -0.1) is 0 Å². The minimum atomic E-state index is -0.881. The van der Waals surface area contributed by atoms with Crippen LogP contribution in [0.5, 0.6) is 0 Å². The van der Waals surface area contributed by atoms with Crippen LogP contribution in [0.2, 0.25) is 0 Å². The molecule has 110 valence electrons. The lowest BCUT2D eigenvalue weighted by Crippen LogP contribution is -2.33. The molecule has 0 saturated carbocycles. The molecule has 6 heteroatoms. The number of aliphatic carboxylic acids is 1. The molecule has 3 N–H and O–H groups in total. The molecule has 0 aliphatic rings. The average molecular weight is 282 g/mol. The maximum Gasteiger partial charge on any atom is 0.319 e. The molecule has 0 bridgehead atoms. The van der Waals surface area contributed by atoms with Crippen molar-refractivity contribution >= 4 is 17.7 Å².